The molecule has 1 aromatic heterocycles. The second-order valence-corrected chi connectivity index (χ2v) is 8.15. The number of halogens is 3. The van der Waals surface area contributed by atoms with Crippen LogP contribution >= 0.6 is 34.5 Å². The van der Waals surface area contributed by atoms with Crippen LogP contribution in [0.2, 0.25) is 10.0 Å². The summed E-state index contributed by atoms with van der Waals surface area (Å²) in [7, 11) is 1.65. The van der Waals surface area contributed by atoms with Gasteiger partial charge in [0.15, 0.2) is 0 Å². The van der Waals surface area contributed by atoms with Gasteiger partial charge in [-0.1, -0.05) is 53.5 Å². The zero-order valence-corrected chi connectivity index (χ0v) is 19.3. The molecule has 0 atom stereocenters. The van der Waals surface area contributed by atoms with Crippen LogP contribution in [0.4, 0.5) is 10.8 Å². The molecule has 0 fully saturated rings. The Balaban J connectivity index is 0.00000256. The van der Waals surface area contributed by atoms with E-state index < -0.39 is 0 Å². The van der Waals surface area contributed by atoms with Crippen molar-refractivity contribution in [2.75, 3.05) is 12.4 Å². The Morgan fingerprint density at radius 2 is 1.77 bits per heavy atom. The van der Waals surface area contributed by atoms with Gasteiger partial charge in [0.25, 0.3) is 5.13 Å². The number of hydrogen-bond acceptors (Lipinski definition) is 4. The first-order valence-corrected chi connectivity index (χ1v) is 10.5. The Morgan fingerprint density at radius 3 is 2.50 bits per heavy atom. The van der Waals surface area contributed by atoms with Gasteiger partial charge >= 0.3 is 5.01 Å². The lowest BCUT2D eigenvalue weighted by molar-refractivity contribution is -0.642. The maximum atomic E-state index is 6.52. The van der Waals surface area contributed by atoms with Gasteiger partial charge < -0.3 is 22.5 Å². The highest BCUT2D eigenvalue weighted by Crippen LogP contribution is 2.37. The van der Waals surface area contributed by atoms with Gasteiger partial charge in [0, 0.05) is 17.2 Å². The third-order valence-electron chi connectivity index (χ3n) is 4.36. The number of methoxy groups -OCH3 is 1. The molecule has 0 unspecified atom stereocenters. The van der Waals surface area contributed by atoms with Crippen LogP contribution in [0.25, 0.3) is 16.3 Å². The number of rotatable bonds is 5. The summed E-state index contributed by atoms with van der Waals surface area (Å²) < 4.78 is 7.35. The van der Waals surface area contributed by atoms with Gasteiger partial charge in [0.2, 0.25) is 5.69 Å². The van der Waals surface area contributed by atoms with Gasteiger partial charge in [-0.2, -0.15) is 0 Å². The van der Waals surface area contributed by atoms with E-state index in [9.17, 15) is 0 Å². The number of ether oxygens (including phenoxy) is 1. The van der Waals surface area contributed by atoms with Gasteiger partial charge in [-0.15, -0.1) is 0 Å². The highest BCUT2D eigenvalue weighted by Gasteiger charge is 2.27. The Bertz CT molecular complexity index is 1170. The van der Waals surface area contributed by atoms with Crippen LogP contribution in [0.1, 0.15) is 5.56 Å². The zero-order valence-electron chi connectivity index (χ0n) is 16.2. The normalized spacial score (nSPS) is 10.4. The lowest BCUT2D eigenvalue weighted by Crippen LogP contribution is -3.00. The Labute approximate surface area is 195 Å². The van der Waals surface area contributed by atoms with E-state index in [0.717, 1.165) is 33.3 Å². The third-order valence-corrected chi connectivity index (χ3v) is 6.14. The molecule has 0 saturated heterocycles. The standard InChI is InChI=1S/C22H18Cl2N3OS.ClH/c1-14-11-12-19(28-2)18(13-14)25-22-26-27(15-7-4-3-5-8-15)21(29-22)16-9-6-10-17(23)20(16)24;/h3-13H,1-2H3,(H,25,26);1H/q+1;/p-1. The van der Waals surface area contributed by atoms with E-state index in [4.69, 9.17) is 33.0 Å². The topological polar surface area (TPSA) is 38.0 Å². The maximum absolute atomic E-state index is 6.52. The second-order valence-electron chi connectivity index (χ2n) is 6.39. The minimum atomic E-state index is 0. The number of nitrogens with zero attached hydrogens (tertiary/aromatic N) is 2. The van der Waals surface area contributed by atoms with E-state index in [2.05, 4.69) is 5.32 Å². The fraction of sp³-hybridized carbons (Fsp3) is 0.0909. The first kappa shape index (κ1) is 22.4. The molecular formula is C22H18Cl3N3OS. The summed E-state index contributed by atoms with van der Waals surface area (Å²) in [6, 6.07) is 21.5. The third kappa shape index (κ3) is 4.55. The summed E-state index contributed by atoms with van der Waals surface area (Å²) in [4.78, 5) is 0. The van der Waals surface area contributed by atoms with Crippen molar-refractivity contribution < 1.29 is 21.8 Å². The molecule has 1 N–H and O–H groups in total. The van der Waals surface area contributed by atoms with Crippen molar-refractivity contribution in [3.8, 4) is 22.0 Å². The highest BCUT2D eigenvalue weighted by atomic mass is 35.5. The molecule has 0 amide bonds. The van der Waals surface area contributed by atoms with E-state index in [0.29, 0.717) is 15.2 Å². The Hall–Kier alpha value is -2.31. The van der Waals surface area contributed by atoms with Crippen LogP contribution in [0.5, 0.6) is 5.75 Å². The molecular weight excluding hydrogens is 461 g/mol. The predicted octanol–water partition coefficient (Wildman–Crippen LogP) is 3.46. The smallest absolute Gasteiger partial charge is 0.306 e. The van der Waals surface area contributed by atoms with Crippen LogP contribution in [-0.2, 0) is 0 Å². The van der Waals surface area contributed by atoms with Crippen LogP contribution in [0.3, 0.4) is 0 Å². The van der Waals surface area contributed by atoms with E-state index in [1.54, 1.807) is 13.2 Å². The van der Waals surface area contributed by atoms with Crippen molar-refractivity contribution in [3.05, 3.63) is 82.3 Å². The van der Waals surface area contributed by atoms with Crippen molar-refractivity contribution >= 4 is 45.4 Å². The van der Waals surface area contributed by atoms with Crippen molar-refractivity contribution in [1.29, 1.82) is 0 Å². The zero-order chi connectivity index (χ0) is 20.4. The van der Waals surface area contributed by atoms with Crippen molar-refractivity contribution in [2.45, 2.75) is 6.92 Å². The van der Waals surface area contributed by atoms with Crippen LogP contribution in [-0.4, -0.2) is 12.2 Å². The SMILES string of the molecule is COc1ccc(C)cc1Nc1n[n+](-c2ccccc2)c(-c2cccc(Cl)c2Cl)s1.[Cl-]. The summed E-state index contributed by atoms with van der Waals surface area (Å²) in [5, 5.41) is 10.8. The van der Waals surface area contributed by atoms with Crippen molar-refractivity contribution in [3.63, 3.8) is 0 Å². The summed E-state index contributed by atoms with van der Waals surface area (Å²) >= 11 is 14.3. The molecule has 0 aliphatic heterocycles. The van der Waals surface area contributed by atoms with E-state index >= 15 is 0 Å². The molecule has 0 aliphatic rings. The second kappa shape index (κ2) is 9.67. The van der Waals surface area contributed by atoms with E-state index in [-0.39, 0.29) is 12.4 Å². The number of hydrogen-bond donors (Lipinski definition) is 1. The van der Waals surface area contributed by atoms with Gasteiger partial charge in [0.1, 0.15) is 5.75 Å². The molecule has 0 radical (unpaired) electrons. The fourth-order valence-electron chi connectivity index (χ4n) is 2.96. The molecule has 4 nitrogen and oxygen atoms in total. The average molecular weight is 479 g/mol. The van der Waals surface area contributed by atoms with E-state index in [1.807, 2.05) is 72.3 Å². The molecule has 8 heteroatoms. The minimum absolute atomic E-state index is 0. The van der Waals surface area contributed by atoms with Gasteiger partial charge in [-0.3, -0.25) is 0 Å². The predicted molar refractivity (Wildman–Crippen MR) is 120 cm³/mol. The molecule has 0 spiro atoms. The first-order chi connectivity index (χ1) is 14.1. The van der Waals surface area contributed by atoms with Gasteiger partial charge in [-0.05, 0) is 52.8 Å². The highest BCUT2D eigenvalue weighted by molar-refractivity contribution is 7.18. The molecule has 0 bridgehead atoms. The van der Waals surface area contributed by atoms with Crippen molar-refractivity contribution in [1.82, 2.24) is 5.10 Å². The molecule has 154 valence electrons. The van der Waals surface area contributed by atoms with Gasteiger partial charge in [0.05, 0.1) is 28.4 Å². The summed E-state index contributed by atoms with van der Waals surface area (Å²) in [6.45, 7) is 2.04. The number of benzene rings is 3. The van der Waals surface area contributed by atoms with Crippen LogP contribution in [0.15, 0.2) is 66.7 Å². The van der Waals surface area contributed by atoms with Crippen LogP contribution in [0, 0.1) is 6.92 Å². The van der Waals surface area contributed by atoms with Crippen molar-refractivity contribution in [2.24, 2.45) is 0 Å². The summed E-state index contributed by atoms with van der Waals surface area (Å²) in [6.07, 6.45) is 0. The number of aromatic nitrogens is 2. The first-order valence-electron chi connectivity index (χ1n) is 8.91. The van der Waals surface area contributed by atoms with E-state index in [1.165, 1.54) is 11.3 Å². The Morgan fingerprint density at radius 1 is 1.00 bits per heavy atom. The number of anilines is 2. The molecule has 3 aromatic carbocycles. The number of aryl methyl sites for hydroxylation is 1. The molecule has 4 rings (SSSR count). The quantitative estimate of drug-likeness (QED) is 0.447. The molecule has 0 saturated carbocycles. The summed E-state index contributed by atoms with van der Waals surface area (Å²) in [5.74, 6) is 0.749. The fourth-order valence-corrected chi connectivity index (χ4v) is 4.38. The lowest BCUT2D eigenvalue weighted by atomic mass is 10.2. The lowest BCUT2D eigenvalue weighted by Gasteiger charge is -2.08. The monoisotopic (exact) mass is 477 g/mol. The molecule has 1 heterocycles. The number of para-hydroxylation sites is 1. The van der Waals surface area contributed by atoms with Crippen LogP contribution < -0.4 is 27.1 Å². The molecule has 0 aliphatic carbocycles. The molecule has 30 heavy (non-hydrogen) atoms. The maximum Gasteiger partial charge on any atom is 0.306 e. The number of nitrogens with one attached hydrogen (secondary N) is 1. The average Bonchev–Trinajstić information content (AvgIpc) is 3.14. The largest absolute Gasteiger partial charge is 1.00 e. The Kier molecular flexibility index (Phi) is 7.21. The molecule has 4 aromatic rings. The summed E-state index contributed by atoms with van der Waals surface area (Å²) in [5.41, 5.74) is 3.73. The minimum Gasteiger partial charge on any atom is -1.00 e. The van der Waals surface area contributed by atoms with Gasteiger partial charge in [-0.25, -0.2) is 0 Å².